The van der Waals surface area contributed by atoms with Crippen molar-refractivity contribution in [2.75, 3.05) is 13.2 Å². The zero-order valence-electron chi connectivity index (χ0n) is 34.1. The smallest absolute Gasteiger partial charge is 0.355 e. The number of halogens is 1. The third kappa shape index (κ3) is 8.57. The van der Waals surface area contributed by atoms with Crippen molar-refractivity contribution in [3.63, 3.8) is 0 Å². The van der Waals surface area contributed by atoms with Crippen LogP contribution < -0.4 is 14.9 Å². The van der Waals surface area contributed by atoms with Crippen LogP contribution >= 0.6 is 7.52 Å². The molecule has 12 nitrogen and oxygen atoms in total. The second-order valence-corrected chi connectivity index (χ2v) is 18.9. The Balaban J connectivity index is 0.994. The van der Waals surface area contributed by atoms with Gasteiger partial charge in [0, 0.05) is 42.0 Å². The quantitative estimate of drug-likeness (QED) is 0.101. The average Bonchev–Trinajstić information content (AvgIpc) is 3.75. The zero-order chi connectivity index (χ0) is 42.0. The van der Waals surface area contributed by atoms with Crippen molar-refractivity contribution < 1.29 is 37.4 Å². The number of nitrogens with zero attached hydrogens (tertiary/aromatic N) is 3. The summed E-state index contributed by atoms with van der Waals surface area (Å²) >= 11 is 0. The number of carbonyl (C=O) groups is 4. The molecule has 1 saturated carbocycles. The number of benzene rings is 3. The Bertz CT molecular complexity index is 2280. The minimum atomic E-state index is -4.46. The molecule has 1 aromatic heterocycles. The number of likely N-dealkylation sites (tertiary alicyclic amines) is 1. The van der Waals surface area contributed by atoms with Crippen LogP contribution in [0.5, 0.6) is 5.75 Å². The van der Waals surface area contributed by atoms with Gasteiger partial charge in [0.2, 0.25) is 17.7 Å². The SMILES string of the molecule is CCCOC(=O)[C@H](C)NP(=O)(Oc1ccccc1)C(F)c1ccc2ccc(C(=O)N[C@H]3CCCC[C@H]4CC[C@@H](C(=O)N5CC(c6cccnc6)CC56CC6)N4C3=O)cc2c1. The van der Waals surface area contributed by atoms with Gasteiger partial charge in [-0.25, -0.2) is 9.48 Å². The zero-order valence-corrected chi connectivity index (χ0v) is 35.0. The summed E-state index contributed by atoms with van der Waals surface area (Å²) < 4.78 is 42.0. The highest BCUT2D eigenvalue weighted by Gasteiger charge is 2.58. The van der Waals surface area contributed by atoms with E-state index in [0.717, 1.165) is 50.5 Å². The molecular formula is C46H53FN5O7P. The highest BCUT2D eigenvalue weighted by molar-refractivity contribution is 7.57. The number of hydrogen-bond donors (Lipinski definition) is 2. The van der Waals surface area contributed by atoms with E-state index in [1.165, 1.54) is 19.1 Å². The van der Waals surface area contributed by atoms with Crippen molar-refractivity contribution in [3.05, 3.63) is 108 Å². The van der Waals surface area contributed by atoms with Gasteiger partial charge >= 0.3 is 13.5 Å². The monoisotopic (exact) mass is 837 g/mol. The number of para-hydroxylation sites is 1. The number of pyridine rings is 1. The highest BCUT2D eigenvalue weighted by Crippen LogP contribution is 2.58. The fraction of sp³-hybridized carbons (Fsp3) is 0.457. The molecule has 2 N–H and O–H groups in total. The predicted molar refractivity (Wildman–Crippen MR) is 225 cm³/mol. The molecule has 4 fully saturated rings. The van der Waals surface area contributed by atoms with Crippen LogP contribution in [-0.4, -0.2) is 81.3 Å². The maximum Gasteiger partial charge on any atom is 0.355 e. The van der Waals surface area contributed by atoms with Gasteiger partial charge < -0.3 is 24.4 Å². The number of carbonyl (C=O) groups excluding carboxylic acids is 4. The fourth-order valence-corrected chi connectivity index (χ4v) is 11.2. The average molecular weight is 838 g/mol. The van der Waals surface area contributed by atoms with Crippen LogP contribution in [0.4, 0.5) is 4.39 Å². The maximum absolute atomic E-state index is 16.6. The van der Waals surface area contributed by atoms with Crippen molar-refractivity contribution in [2.24, 2.45) is 0 Å². The van der Waals surface area contributed by atoms with Crippen molar-refractivity contribution in [3.8, 4) is 5.75 Å². The minimum Gasteiger partial charge on any atom is -0.465 e. The molecule has 0 radical (unpaired) electrons. The number of esters is 1. The van der Waals surface area contributed by atoms with Crippen LogP contribution in [-0.2, 0) is 23.7 Å². The first-order chi connectivity index (χ1) is 29.0. The molecule has 4 heterocycles. The molecule has 4 aromatic rings. The minimum absolute atomic E-state index is 0.0108. The van der Waals surface area contributed by atoms with E-state index in [4.69, 9.17) is 9.26 Å². The molecule has 3 aliphatic heterocycles. The van der Waals surface area contributed by atoms with E-state index < -0.39 is 43.4 Å². The first kappa shape index (κ1) is 41.6. The Hall–Kier alpha value is -5.13. The summed E-state index contributed by atoms with van der Waals surface area (Å²) in [5, 5.41) is 6.80. The Morgan fingerprint density at radius 3 is 2.50 bits per heavy atom. The molecule has 8 rings (SSSR count). The number of alkyl halides is 1. The van der Waals surface area contributed by atoms with Gasteiger partial charge in [-0.3, -0.25) is 28.7 Å². The third-order valence-corrected chi connectivity index (χ3v) is 14.8. The van der Waals surface area contributed by atoms with Gasteiger partial charge in [0.15, 0.2) is 0 Å². The molecule has 0 bridgehead atoms. The fourth-order valence-electron chi connectivity index (χ4n) is 9.34. The molecule has 7 atom stereocenters. The van der Waals surface area contributed by atoms with E-state index in [1.54, 1.807) is 65.7 Å². The molecule has 60 heavy (non-hydrogen) atoms. The van der Waals surface area contributed by atoms with Crippen LogP contribution in [0.3, 0.4) is 0 Å². The number of ether oxygens (including phenoxy) is 1. The summed E-state index contributed by atoms with van der Waals surface area (Å²) in [7, 11) is -4.46. The van der Waals surface area contributed by atoms with E-state index in [1.807, 2.05) is 24.1 Å². The lowest BCUT2D eigenvalue weighted by molar-refractivity contribution is -0.148. The lowest BCUT2D eigenvalue weighted by Gasteiger charge is -2.37. The van der Waals surface area contributed by atoms with Gasteiger partial charge in [-0.1, -0.05) is 62.2 Å². The highest BCUT2D eigenvalue weighted by atomic mass is 31.2. The summed E-state index contributed by atoms with van der Waals surface area (Å²) in [5.74, 6) is -3.21. The van der Waals surface area contributed by atoms with Crippen molar-refractivity contribution in [2.45, 2.75) is 120 Å². The van der Waals surface area contributed by atoms with Crippen molar-refractivity contribution in [1.82, 2.24) is 25.2 Å². The summed E-state index contributed by atoms with van der Waals surface area (Å²) in [5.41, 5.74) is 1.26. The van der Waals surface area contributed by atoms with E-state index in [0.29, 0.717) is 36.6 Å². The van der Waals surface area contributed by atoms with Gasteiger partial charge in [0.05, 0.1) is 6.61 Å². The number of aromatic nitrogens is 1. The first-order valence-electron chi connectivity index (χ1n) is 21.3. The van der Waals surface area contributed by atoms with Gasteiger partial charge in [0.25, 0.3) is 5.91 Å². The lowest BCUT2D eigenvalue weighted by Crippen LogP contribution is -2.57. The summed E-state index contributed by atoms with van der Waals surface area (Å²) in [6, 6.07) is 19.3. The second kappa shape index (κ2) is 17.5. The lowest BCUT2D eigenvalue weighted by atomic mass is 9.97. The topological polar surface area (TPSA) is 147 Å². The number of amides is 3. The Labute approximate surface area is 350 Å². The summed E-state index contributed by atoms with van der Waals surface area (Å²) in [6.45, 7) is 4.06. The molecule has 316 valence electrons. The largest absolute Gasteiger partial charge is 0.465 e. The molecule has 3 aromatic carbocycles. The summed E-state index contributed by atoms with van der Waals surface area (Å²) in [4.78, 5) is 63.7. The van der Waals surface area contributed by atoms with E-state index >= 15 is 4.39 Å². The van der Waals surface area contributed by atoms with Crippen LogP contribution in [0, 0.1) is 0 Å². The normalized spacial score (nSPS) is 24.1. The van der Waals surface area contributed by atoms with Gasteiger partial charge in [-0.05, 0) is 117 Å². The van der Waals surface area contributed by atoms with Crippen LogP contribution in [0.25, 0.3) is 10.8 Å². The van der Waals surface area contributed by atoms with Crippen LogP contribution in [0.1, 0.15) is 111 Å². The van der Waals surface area contributed by atoms with Crippen molar-refractivity contribution >= 4 is 42.0 Å². The number of nitrogens with one attached hydrogen (secondary N) is 2. The van der Waals surface area contributed by atoms with E-state index in [-0.39, 0.29) is 52.8 Å². The standard InChI is InChI=1S/C46H53FN5O7P/c1-3-24-58-45(56)30(2)50-60(57,59-38-12-5-4-6-13-38)41(47)32-17-15-31-16-18-33(26-35(31)25-32)42(53)49-39-14-8-7-11-37-19-20-40(52(37)43(39)54)44(55)51-29-36(27-46(51)21-22-46)34-10-9-23-48-28-34/h4-6,9-10,12-13,15-18,23,25-26,28,30,36-37,39-41H,3,7-8,11,14,19-22,24,27,29H2,1-2H3,(H,49,53)(H,50,57)/t30-,36?,37-,39-,40-,41?,60?/m0/s1. The number of hydrogen-bond acceptors (Lipinski definition) is 8. The second-order valence-electron chi connectivity index (χ2n) is 16.8. The van der Waals surface area contributed by atoms with Crippen LogP contribution in [0.2, 0.25) is 0 Å². The third-order valence-electron chi connectivity index (χ3n) is 12.6. The number of fused-ring (bicyclic) bond motifs is 2. The molecule has 4 aliphatic rings. The molecule has 1 aliphatic carbocycles. The van der Waals surface area contributed by atoms with Gasteiger partial charge in [0.1, 0.15) is 23.9 Å². The molecule has 3 amide bonds. The van der Waals surface area contributed by atoms with Crippen LogP contribution in [0.15, 0.2) is 91.3 Å². The maximum atomic E-state index is 16.6. The van der Waals surface area contributed by atoms with E-state index in [2.05, 4.69) is 21.5 Å². The molecular weight excluding hydrogens is 785 g/mol. The summed E-state index contributed by atoms with van der Waals surface area (Å²) in [6.07, 6.45) is 11.3. The Kier molecular flexibility index (Phi) is 12.1. The molecule has 3 unspecified atom stereocenters. The van der Waals surface area contributed by atoms with Crippen molar-refractivity contribution in [1.29, 1.82) is 0 Å². The number of rotatable bonds is 13. The molecule has 14 heteroatoms. The Morgan fingerprint density at radius 1 is 0.967 bits per heavy atom. The first-order valence-corrected chi connectivity index (χ1v) is 23.0. The van der Waals surface area contributed by atoms with E-state index in [9.17, 15) is 23.7 Å². The predicted octanol–water partition coefficient (Wildman–Crippen LogP) is 7.99. The Morgan fingerprint density at radius 2 is 1.75 bits per heavy atom. The molecule has 1 spiro atoms. The van der Waals surface area contributed by atoms with Gasteiger partial charge in [-0.2, -0.15) is 0 Å². The molecule has 3 saturated heterocycles. The van der Waals surface area contributed by atoms with Gasteiger partial charge in [-0.15, -0.1) is 0 Å².